The molecule has 1 aliphatic rings. The summed E-state index contributed by atoms with van der Waals surface area (Å²) < 4.78 is 0. The Kier molecular flexibility index (Phi) is 4.84. The molecule has 1 rings (SSSR count). The summed E-state index contributed by atoms with van der Waals surface area (Å²) in [6, 6.07) is 0.592. The fourth-order valence-corrected chi connectivity index (χ4v) is 1.43. The van der Waals surface area contributed by atoms with E-state index in [0.29, 0.717) is 6.04 Å². The molecule has 15 heavy (non-hydrogen) atoms. The second-order valence-electron chi connectivity index (χ2n) is 4.24. The van der Waals surface area contributed by atoms with Crippen LogP contribution in [0.15, 0.2) is 0 Å². The summed E-state index contributed by atoms with van der Waals surface area (Å²) >= 11 is 0. The van der Waals surface area contributed by atoms with Crippen molar-refractivity contribution < 1.29 is 4.79 Å². The Bertz CT molecular complexity index is 208. The highest BCUT2D eigenvalue weighted by atomic mass is 16.2. The minimum Gasteiger partial charge on any atom is -0.336 e. The maximum Gasteiger partial charge on any atom is 0.317 e. The Morgan fingerprint density at radius 1 is 1.60 bits per heavy atom. The van der Waals surface area contributed by atoms with Crippen LogP contribution in [0, 0.1) is 0 Å². The number of likely N-dealkylation sites (N-methyl/N-ethyl adjacent to an activating group) is 1. The highest BCUT2D eigenvalue weighted by Gasteiger charge is 2.18. The molecule has 1 fully saturated rings. The molecule has 1 atom stereocenters. The van der Waals surface area contributed by atoms with Crippen LogP contribution in [0.25, 0.3) is 0 Å². The van der Waals surface area contributed by atoms with Crippen molar-refractivity contribution >= 4 is 6.03 Å². The predicted molar refractivity (Wildman–Crippen MR) is 61.0 cm³/mol. The van der Waals surface area contributed by atoms with Crippen LogP contribution in [-0.4, -0.2) is 68.7 Å². The molecule has 0 saturated carbocycles. The normalized spacial score (nSPS) is 18.4. The Labute approximate surface area is 91.8 Å². The van der Waals surface area contributed by atoms with Gasteiger partial charge in [-0.1, -0.05) is 0 Å². The summed E-state index contributed by atoms with van der Waals surface area (Å²) in [4.78, 5) is 15.2. The summed E-state index contributed by atoms with van der Waals surface area (Å²) in [5.41, 5.74) is 0. The predicted octanol–water partition coefficient (Wildman–Crippen LogP) is -0.449. The summed E-state index contributed by atoms with van der Waals surface area (Å²) in [7, 11) is 4.14. The van der Waals surface area contributed by atoms with Gasteiger partial charge in [-0.05, 0) is 21.0 Å². The van der Waals surface area contributed by atoms with E-state index in [1.807, 2.05) is 4.90 Å². The van der Waals surface area contributed by atoms with E-state index in [0.717, 1.165) is 32.7 Å². The topological polar surface area (TPSA) is 47.6 Å². The first-order valence-electron chi connectivity index (χ1n) is 5.51. The number of nitrogens with zero attached hydrogens (tertiary/aromatic N) is 2. The quantitative estimate of drug-likeness (QED) is 0.589. The number of carbonyl (C=O) groups excluding carboxylic acids is 1. The second kappa shape index (κ2) is 5.92. The van der Waals surface area contributed by atoms with E-state index in [1.54, 1.807) is 0 Å². The highest BCUT2D eigenvalue weighted by molar-refractivity contribution is 5.76. The minimum absolute atomic E-state index is 0.0671. The monoisotopic (exact) mass is 214 g/mol. The van der Waals surface area contributed by atoms with Crippen molar-refractivity contribution in [3.05, 3.63) is 0 Å². The van der Waals surface area contributed by atoms with Crippen molar-refractivity contribution in [1.82, 2.24) is 20.4 Å². The summed E-state index contributed by atoms with van der Waals surface area (Å²) in [6.07, 6.45) is 0. The molecule has 0 aliphatic carbocycles. The SMILES string of the molecule is CC(CNCCN1CCNC1=O)N(C)C. The van der Waals surface area contributed by atoms with Crippen LogP contribution in [0.3, 0.4) is 0 Å². The number of hydrogen-bond acceptors (Lipinski definition) is 3. The van der Waals surface area contributed by atoms with Crippen molar-refractivity contribution in [3.8, 4) is 0 Å². The molecule has 0 aromatic heterocycles. The van der Waals surface area contributed by atoms with Crippen LogP contribution in [0.1, 0.15) is 6.92 Å². The van der Waals surface area contributed by atoms with Gasteiger partial charge in [-0.3, -0.25) is 0 Å². The molecule has 1 heterocycles. The average molecular weight is 214 g/mol. The highest BCUT2D eigenvalue weighted by Crippen LogP contribution is 1.94. The molecular weight excluding hydrogens is 192 g/mol. The van der Waals surface area contributed by atoms with Crippen LogP contribution in [-0.2, 0) is 0 Å². The molecule has 1 aliphatic heterocycles. The third-order valence-electron chi connectivity index (χ3n) is 2.82. The molecule has 5 nitrogen and oxygen atoms in total. The Balaban J connectivity index is 2.04. The standard InChI is InChI=1S/C10H22N4O/c1-9(13(2)3)8-11-4-6-14-7-5-12-10(14)15/h9,11H,4-8H2,1-3H3,(H,12,15). The molecular formula is C10H22N4O. The summed E-state index contributed by atoms with van der Waals surface area (Å²) in [5, 5.41) is 6.14. The number of amides is 2. The van der Waals surface area contributed by atoms with Crippen LogP contribution in [0.4, 0.5) is 4.79 Å². The lowest BCUT2D eigenvalue weighted by Gasteiger charge is -2.21. The van der Waals surface area contributed by atoms with E-state index in [4.69, 9.17) is 0 Å². The Morgan fingerprint density at radius 2 is 2.33 bits per heavy atom. The minimum atomic E-state index is 0.0671. The van der Waals surface area contributed by atoms with E-state index in [-0.39, 0.29) is 6.03 Å². The van der Waals surface area contributed by atoms with Crippen LogP contribution < -0.4 is 10.6 Å². The number of hydrogen-bond donors (Lipinski definition) is 2. The zero-order valence-corrected chi connectivity index (χ0v) is 9.92. The fourth-order valence-electron chi connectivity index (χ4n) is 1.43. The first kappa shape index (κ1) is 12.3. The number of urea groups is 1. The molecule has 88 valence electrons. The lowest BCUT2D eigenvalue weighted by atomic mass is 10.3. The van der Waals surface area contributed by atoms with E-state index in [1.165, 1.54) is 0 Å². The van der Waals surface area contributed by atoms with E-state index in [2.05, 4.69) is 36.6 Å². The van der Waals surface area contributed by atoms with Crippen molar-refractivity contribution in [2.24, 2.45) is 0 Å². The van der Waals surface area contributed by atoms with Gasteiger partial charge in [0.15, 0.2) is 0 Å². The zero-order valence-electron chi connectivity index (χ0n) is 9.92. The maximum absolute atomic E-state index is 11.2. The van der Waals surface area contributed by atoms with E-state index < -0.39 is 0 Å². The third-order valence-corrected chi connectivity index (χ3v) is 2.82. The number of nitrogens with one attached hydrogen (secondary N) is 2. The molecule has 1 unspecified atom stereocenters. The van der Waals surface area contributed by atoms with Gasteiger partial charge in [0.05, 0.1) is 0 Å². The maximum atomic E-state index is 11.2. The van der Waals surface area contributed by atoms with E-state index in [9.17, 15) is 4.79 Å². The molecule has 2 N–H and O–H groups in total. The molecule has 5 heteroatoms. The van der Waals surface area contributed by atoms with Gasteiger partial charge < -0.3 is 20.4 Å². The van der Waals surface area contributed by atoms with Gasteiger partial charge in [-0.15, -0.1) is 0 Å². The van der Waals surface area contributed by atoms with E-state index >= 15 is 0 Å². The number of rotatable bonds is 6. The number of carbonyl (C=O) groups is 1. The molecule has 0 bridgehead atoms. The molecule has 2 amide bonds. The van der Waals surface area contributed by atoms with Crippen LogP contribution in [0.2, 0.25) is 0 Å². The molecule has 1 saturated heterocycles. The fraction of sp³-hybridized carbons (Fsp3) is 0.900. The van der Waals surface area contributed by atoms with Crippen LogP contribution in [0.5, 0.6) is 0 Å². The molecule has 0 spiro atoms. The second-order valence-corrected chi connectivity index (χ2v) is 4.24. The largest absolute Gasteiger partial charge is 0.336 e. The van der Waals surface area contributed by atoms with Gasteiger partial charge in [-0.2, -0.15) is 0 Å². The van der Waals surface area contributed by atoms with Gasteiger partial charge in [0.25, 0.3) is 0 Å². The van der Waals surface area contributed by atoms with Gasteiger partial charge in [0.2, 0.25) is 0 Å². The van der Waals surface area contributed by atoms with Crippen LogP contribution >= 0.6 is 0 Å². The lowest BCUT2D eigenvalue weighted by molar-refractivity contribution is 0.216. The van der Waals surface area contributed by atoms with Gasteiger partial charge in [0, 0.05) is 38.8 Å². The first-order valence-corrected chi connectivity index (χ1v) is 5.51. The summed E-state index contributed by atoms with van der Waals surface area (Å²) in [6.45, 7) is 6.42. The van der Waals surface area contributed by atoms with Crippen molar-refractivity contribution in [2.75, 3.05) is 46.8 Å². The van der Waals surface area contributed by atoms with Gasteiger partial charge in [-0.25, -0.2) is 4.79 Å². The average Bonchev–Trinajstić information content (AvgIpc) is 2.58. The first-order chi connectivity index (χ1) is 7.11. The van der Waals surface area contributed by atoms with Crippen molar-refractivity contribution in [2.45, 2.75) is 13.0 Å². The Hall–Kier alpha value is -0.810. The molecule has 0 radical (unpaired) electrons. The van der Waals surface area contributed by atoms with Gasteiger partial charge >= 0.3 is 6.03 Å². The zero-order chi connectivity index (χ0) is 11.3. The Morgan fingerprint density at radius 3 is 2.87 bits per heavy atom. The molecule has 0 aromatic rings. The lowest BCUT2D eigenvalue weighted by Crippen LogP contribution is -2.40. The summed E-state index contributed by atoms with van der Waals surface area (Å²) in [5.74, 6) is 0. The van der Waals surface area contributed by atoms with Gasteiger partial charge in [0.1, 0.15) is 0 Å². The molecule has 0 aromatic carbocycles. The smallest absolute Gasteiger partial charge is 0.317 e. The third kappa shape index (κ3) is 4.05. The van der Waals surface area contributed by atoms with Crippen molar-refractivity contribution in [1.29, 1.82) is 0 Å². The van der Waals surface area contributed by atoms with Crippen molar-refractivity contribution in [3.63, 3.8) is 0 Å².